The lowest BCUT2D eigenvalue weighted by molar-refractivity contribution is 1.96. The Morgan fingerprint density at radius 2 is 0.680 bits per heavy atom. The Labute approximate surface area is 181 Å². The van der Waals surface area contributed by atoms with Crippen molar-refractivity contribution < 1.29 is 0 Å². The van der Waals surface area contributed by atoms with Crippen LogP contribution in [0.3, 0.4) is 0 Å². The Morgan fingerprint density at radius 3 is 0.840 bits per heavy atom. The summed E-state index contributed by atoms with van der Waals surface area (Å²) in [6.45, 7) is 0. The summed E-state index contributed by atoms with van der Waals surface area (Å²) in [5, 5.41) is 0. The van der Waals surface area contributed by atoms with Crippen molar-refractivity contribution in [2.24, 2.45) is 0 Å². The highest BCUT2D eigenvalue weighted by Crippen LogP contribution is 2.28. The van der Waals surface area contributed by atoms with Crippen molar-refractivity contribution in [2.75, 3.05) is 0 Å². The van der Waals surface area contributed by atoms with Gasteiger partial charge in [0, 0.05) is 0 Å². The first-order valence-corrected chi connectivity index (χ1v) is 12.0. The van der Waals surface area contributed by atoms with Gasteiger partial charge in [-0.25, -0.2) is 0 Å². The van der Waals surface area contributed by atoms with Gasteiger partial charge in [0.2, 0.25) is 0 Å². The molecule has 4 aromatic rings. The summed E-state index contributed by atoms with van der Waals surface area (Å²) >= 11 is 31.6. The van der Waals surface area contributed by atoms with E-state index in [0.29, 0.717) is 0 Å². The van der Waals surface area contributed by atoms with Crippen LogP contribution >= 0.6 is 91.8 Å². The first kappa shape index (κ1) is 18.4. The molecule has 0 saturated heterocycles. The van der Waals surface area contributed by atoms with Gasteiger partial charge in [0.05, 0.1) is 17.3 Å². The van der Waals surface area contributed by atoms with Crippen LogP contribution in [-0.4, -0.2) is 6.15 Å². The van der Waals surface area contributed by atoms with Crippen LogP contribution in [0.5, 0.6) is 0 Å². The molecule has 9 heteroatoms. The number of thiophene rings is 4. The normalized spacial score (nSPS) is 12.0. The van der Waals surface area contributed by atoms with E-state index < -0.39 is 6.15 Å². The molecule has 0 amide bonds. The van der Waals surface area contributed by atoms with Gasteiger partial charge in [0.25, 0.3) is 0 Å². The molecule has 0 aromatic carbocycles. The lowest BCUT2D eigenvalue weighted by Crippen LogP contribution is -2.71. The fraction of sp³-hybridized carbons (Fsp3) is 0. The molecule has 0 N–H and O–H groups in total. The van der Waals surface area contributed by atoms with Crippen LogP contribution in [0, 0.1) is 0 Å². The molecule has 0 atom stereocenters. The fourth-order valence-electron chi connectivity index (χ4n) is 3.09. The van der Waals surface area contributed by atoms with Crippen LogP contribution in [0.1, 0.15) is 0 Å². The summed E-state index contributed by atoms with van der Waals surface area (Å²) in [5.74, 6) is 0. The first-order valence-electron chi connectivity index (χ1n) is 7.19. The molecule has 0 radical (unpaired) electrons. The van der Waals surface area contributed by atoms with Gasteiger partial charge in [-0.2, -0.15) is 45.3 Å². The standard InChI is InChI=1S/C16H8BCl4S4/c18-13-5-1-9(22-13)17(10-2-6-14(19)23-10,11-3-7-15(20)24-11)12-4-8-16(21)25-12/h1-8H/q-1. The maximum absolute atomic E-state index is 6.30. The predicted octanol–water partition coefficient (Wildman–Crippen LogP) is 5.92. The smallest absolute Gasteiger partial charge is 0.150 e. The summed E-state index contributed by atoms with van der Waals surface area (Å²) in [5.41, 5.74) is 0. The van der Waals surface area contributed by atoms with Crippen LogP contribution in [-0.2, 0) is 0 Å². The fourth-order valence-corrected chi connectivity index (χ4v) is 9.07. The molecule has 0 fully saturated rings. The molecule has 0 unspecified atom stereocenters. The molecule has 0 saturated carbocycles. The minimum Gasteiger partial charge on any atom is -0.170 e. The zero-order valence-corrected chi connectivity index (χ0v) is 18.6. The Morgan fingerprint density at radius 1 is 0.440 bits per heavy atom. The van der Waals surface area contributed by atoms with E-state index in [-0.39, 0.29) is 0 Å². The highest BCUT2D eigenvalue weighted by Gasteiger charge is 2.37. The van der Waals surface area contributed by atoms with Crippen LogP contribution in [0.15, 0.2) is 48.5 Å². The van der Waals surface area contributed by atoms with E-state index in [0.717, 1.165) is 17.3 Å². The molecule has 128 valence electrons. The molecule has 0 spiro atoms. The molecule has 4 rings (SSSR count). The summed E-state index contributed by atoms with van der Waals surface area (Å²) in [7, 11) is 0. The van der Waals surface area contributed by atoms with Gasteiger partial charge >= 0.3 is 0 Å². The minimum absolute atomic E-state index is 0.759. The van der Waals surface area contributed by atoms with Gasteiger partial charge < -0.3 is 0 Å². The molecule has 0 bridgehead atoms. The summed E-state index contributed by atoms with van der Waals surface area (Å²) in [4.78, 5) is 0. The Balaban J connectivity index is 2.11. The van der Waals surface area contributed by atoms with Gasteiger partial charge in [-0.15, -0.1) is 19.1 Å². The van der Waals surface area contributed by atoms with Crippen molar-refractivity contribution in [3.8, 4) is 0 Å². The molecule has 0 aliphatic rings. The topological polar surface area (TPSA) is 0 Å². The lowest BCUT2D eigenvalue weighted by atomic mass is 9.22. The molecule has 25 heavy (non-hydrogen) atoms. The van der Waals surface area contributed by atoms with Crippen LogP contribution in [0.4, 0.5) is 0 Å². The second-order valence-corrected chi connectivity index (χ2v) is 12.4. The van der Waals surface area contributed by atoms with E-state index in [9.17, 15) is 0 Å². The van der Waals surface area contributed by atoms with Crippen LogP contribution < -0.4 is 19.1 Å². The van der Waals surface area contributed by atoms with E-state index >= 15 is 0 Å². The molecular weight excluding hydrogens is 473 g/mol. The maximum atomic E-state index is 6.30. The average molecular weight is 481 g/mol. The van der Waals surface area contributed by atoms with Crippen molar-refractivity contribution in [1.29, 1.82) is 0 Å². The van der Waals surface area contributed by atoms with Crippen molar-refractivity contribution >= 4 is 117 Å². The summed E-state index contributed by atoms with van der Waals surface area (Å²) in [6, 6.07) is 16.2. The van der Waals surface area contributed by atoms with Crippen LogP contribution in [0.2, 0.25) is 17.3 Å². The summed E-state index contributed by atoms with van der Waals surface area (Å²) < 4.78 is 7.76. The molecule has 0 aliphatic carbocycles. The minimum atomic E-state index is -1.40. The van der Waals surface area contributed by atoms with Crippen molar-refractivity contribution in [2.45, 2.75) is 0 Å². The van der Waals surface area contributed by atoms with E-state index in [2.05, 4.69) is 24.3 Å². The largest absolute Gasteiger partial charge is 0.170 e. The van der Waals surface area contributed by atoms with Crippen molar-refractivity contribution in [3.63, 3.8) is 0 Å². The monoisotopic (exact) mass is 479 g/mol. The third-order valence-corrected chi connectivity index (χ3v) is 9.74. The Kier molecular flexibility index (Phi) is 5.31. The quantitative estimate of drug-likeness (QED) is 0.318. The second kappa shape index (κ2) is 7.21. The van der Waals surface area contributed by atoms with Gasteiger partial charge in [0.15, 0.2) is 0 Å². The Bertz CT molecular complexity index is 862. The molecule has 4 aromatic heterocycles. The van der Waals surface area contributed by atoms with Crippen LogP contribution in [0.25, 0.3) is 0 Å². The number of rotatable bonds is 4. The number of halogens is 4. The van der Waals surface area contributed by atoms with E-state index in [1.54, 1.807) is 45.3 Å². The third kappa shape index (κ3) is 3.23. The van der Waals surface area contributed by atoms with Gasteiger partial charge in [-0.3, -0.25) is 0 Å². The third-order valence-electron chi connectivity index (χ3n) is 4.08. The zero-order chi connectivity index (χ0) is 17.6. The maximum Gasteiger partial charge on any atom is 0.150 e. The van der Waals surface area contributed by atoms with E-state index in [1.165, 1.54) is 19.1 Å². The van der Waals surface area contributed by atoms with Crippen molar-refractivity contribution in [3.05, 3.63) is 65.9 Å². The number of hydrogen-bond donors (Lipinski definition) is 0. The van der Waals surface area contributed by atoms with Gasteiger partial charge in [-0.1, -0.05) is 70.7 Å². The van der Waals surface area contributed by atoms with Gasteiger partial charge in [-0.05, 0) is 24.3 Å². The summed E-state index contributed by atoms with van der Waals surface area (Å²) in [6.07, 6.45) is -1.40. The molecule has 4 heterocycles. The first-order chi connectivity index (χ1) is 12.0. The van der Waals surface area contributed by atoms with E-state index in [4.69, 9.17) is 46.4 Å². The number of hydrogen-bond acceptors (Lipinski definition) is 4. The van der Waals surface area contributed by atoms with Crippen molar-refractivity contribution in [1.82, 2.24) is 0 Å². The highest BCUT2D eigenvalue weighted by molar-refractivity contribution is 7.54. The lowest BCUT2D eigenvalue weighted by Gasteiger charge is -2.38. The molecule has 0 nitrogen and oxygen atoms in total. The predicted molar refractivity (Wildman–Crippen MR) is 122 cm³/mol. The zero-order valence-electron chi connectivity index (χ0n) is 12.3. The average Bonchev–Trinajstić information content (AvgIpc) is 3.33. The molecule has 0 aliphatic heterocycles. The Hall–Kier alpha value is 0.0249. The SMILES string of the molecule is Clc1ccc([B-](c2ccc(Cl)s2)(c2ccc(Cl)s2)c2ccc(Cl)s2)s1. The highest BCUT2D eigenvalue weighted by atomic mass is 35.5. The second-order valence-electron chi connectivity index (χ2n) is 5.43. The molecular formula is C16H8BCl4S4-. The van der Waals surface area contributed by atoms with Gasteiger partial charge in [0.1, 0.15) is 6.15 Å². The van der Waals surface area contributed by atoms with E-state index in [1.807, 2.05) is 24.3 Å².